The fourth-order valence-corrected chi connectivity index (χ4v) is 4.40. The molecular formula is C17H17F3N2O2S. The molecule has 0 aliphatic carbocycles. The highest BCUT2D eigenvalue weighted by atomic mass is 32.2. The van der Waals surface area contributed by atoms with E-state index in [2.05, 4.69) is 0 Å². The maximum absolute atomic E-state index is 13.0. The number of rotatable bonds is 2. The molecule has 0 atom stereocenters. The van der Waals surface area contributed by atoms with E-state index in [4.69, 9.17) is 0 Å². The molecule has 2 aromatic carbocycles. The molecule has 0 N–H and O–H groups in total. The van der Waals surface area contributed by atoms with E-state index < -0.39 is 21.8 Å². The van der Waals surface area contributed by atoms with Gasteiger partial charge in [-0.3, -0.25) is 4.31 Å². The zero-order chi connectivity index (χ0) is 18.2. The molecule has 0 fully saturated rings. The summed E-state index contributed by atoms with van der Waals surface area (Å²) in [4.78, 5) is 1.82. The summed E-state index contributed by atoms with van der Waals surface area (Å²) in [6.07, 6.45) is -3.88. The van der Waals surface area contributed by atoms with Crippen molar-refractivity contribution in [3.8, 4) is 0 Å². The van der Waals surface area contributed by atoms with Gasteiger partial charge in [0.1, 0.15) is 0 Å². The standard InChI is InChI=1S/C17H17F3N2O2S/c1-21-11-4-12-22(16-6-3-2-5-15(16)21)25(23,24)14-9-7-13(8-10-14)17(18,19)20/h2-3,5-10H,4,11-12H2,1H3. The molecule has 134 valence electrons. The minimum Gasteiger partial charge on any atom is -0.373 e. The van der Waals surface area contributed by atoms with Gasteiger partial charge >= 0.3 is 6.18 Å². The van der Waals surface area contributed by atoms with Crippen LogP contribution in [0.1, 0.15) is 12.0 Å². The van der Waals surface area contributed by atoms with Crippen LogP contribution >= 0.6 is 0 Å². The summed E-state index contributed by atoms with van der Waals surface area (Å²) in [6, 6.07) is 10.7. The Morgan fingerprint density at radius 3 is 2.12 bits per heavy atom. The van der Waals surface area contributed by atoms with Crippen LogP contribution in [0.5, 0.6) is 0 Å². The Balaban J connectivity index is 2.04. The maximum Gasteiger partial charge on any atom is 0.416 e. The van der Waals surface area contributed by atoms with E-state index >= 15 is 0 Å². The number of nitrogens with zero attached hydrogens (tertiary/aromatic N) is 2. The van der Waals surface area contributed by atoms with Crippen LogP contribution in [0.25, 0.3) is 0 Å². The third kappa shape index (κ3) is 3.30. The zero-order valence-corrected chi connectivity index (χ0v) is 14.3. The maximum atomic E-state index is 13.0. The van der Waals surface area contributed by atoms with Crippen LogP contribution in [-0.4, -0.2) is 28.6 Å². The van der Waals surface area contributed by atoms with Crippen molar-refractivity contribution in [3.05, 3.63) is 54.1 Å². The molecule has 25 heavy (non-hydrogen) atoms. The average Bonchev–Trinajstić information content (AvgIpc) is 2.74. The number of halogens is 3. The first kappa shape index (κ1) is 17.6. The van der Waals surface area contributed by atoms with Crippen molar-refractivity contribution in [2.75, 3.05) is 29.3 Å². The summed E-state index contributed by atoms with van der Waals surface area (Å²) in [7, 11) is -2.06. The second-order valence-electron chi connectivity index (χ2n) is 5.86. The van der Waals surface area contributed by atoms with Crippen LogP contribution in [0.15, 0.2) is 53.4 Å². The monoisotopic (exact) mass is 370 g/mol. The number of fused-ring (bicyclic) bond motifs is 1. The first-order valence-electron chi connectivity index (χ1n) is 7.71. The van der Waals surface area contributed by atoms with E-state index in [0.717, 1.165) is 30.0 Å². The lowest BCUT2D eigenvalue weighted by Gasteiger charge is -2.25. The molecule has 0 radical (unpaired) electrons. The molecule has 1 heterocycles. The third-order valence-electron chi connectivity index (χ3n) is 4.19. The third-order valence-corrected chi connectivity index (χ3v) is 6.01. The second kappa shape index (κ2) is 6.25. The Bertz CT molecular complexity index is 864. The summed E-state index contributed by atoms with van der Waals surface area (Å²) in [5.74, 6) is 0. The highest BCUT2D eigenvalue weighted by Crippen LogP contribution is 2.36. The lowest BCUT2D eigenvalue weighted by atomic mass is 10.2. The highest BCUT2D eigenvalue weighted by Gasteiger charge is 2.32. The quantitative estimate of drug-likeness (QED) is 0.809. The molecule has 1 aliphatic heterocycles. The van der Waals surface area contributed by atoms with Gasteiger partial charge in [-0.15, -0.1) is 0 Å². The predicted molar refractivity (Wildman–Crippen MR) is 90.3 cm³/mol. The molecule has 0 aromatic heterocycles. The normalized spacial score (nSPS) is 15.7. The number of anilines is 2. The number of hydrogen-bond donors (Lipinski definition) is 0. The van der Waals surface area contributed by atoms with Crippen LogP contribution in [-0.2, 0) is 16.2 Å². The van der Waals surface area contributed by atoms with E-state index in [1.165, 1.54) is 4.31 Å². The van der Waals surface area contributed by atoms with Crippen molar-refractivity contribution in [2.24, 2.45) is 0 Å². The number of sulfonamides is 1. The summed E-state index contributed by atoms with van der Waals surface area (Å²) in [5, 5.41) is 0. The Morgan fingerprint density at radius 2 is 1.52 bits per heavy atom. The van der Waals surface area contributed by atoms with E-state index in [-0.39, 0.29) is 11.4 Å². The number of hydrogen-bond acceptors (Lipinski definition) is 3. The van der Waals surface area contributed by atoms with Crippen LogP contribution in [0.3, 0.4) is 0 Å². The van der Waals surface area contributed by atoms with Crippen LogP contribution in [0.2, 0.25) is 0 Å². The van der Waals surface area contributed by atoms with Gasteiger partial charge in [0.25, 0.3) is 10.0 Å². The van der Waals surface area contributed by atoms with Crippen molar-refractivity contribution in [1.82, 2.24) is 0 Å². The van der Waals surface area contributed by atoms with Crippen molar-refractivity contribution in [1.29, 1.82) is 0 Å². The molecule has 4 nitrogen and oxygen atoms in total. The van der Waals surface area contributed by atoms with Crippen LogP contribution < -0.4 is 9.21 Å². The Kier molecular flexibility index (Phi) is 4.40. The Labute approximate surface area is 144 Å². The molecule has 0 bridgehead atoms. The number of benzene rings is 2. The van der Waals surface area contributed by atoms with Crippen LogP contribution in [0.4, 0.5) is 24.5 Å². The zero-order valence-electron chi connectivity index (χ0n) is 13.5. The van der Waals surface area contributed by atoms with Crippen molar-refractivity contribution >= 4 is 21.4 Å². The first-order valence-corrected chi connectivity index (χ1v) is 9.15. The first-order chi connectivity index (χ1) is 11.7. The summed E-state index contributed by atoms with van der Waals surface area (Å²) in [6.45, 7) is 0.959. The molecule has 3 rings (SSSR count). The summed E-state index contributed by atoms with van der Waals surface area (Å²) in [5.41, 5.74) is 0.431. The van der Waals surface area contributed by atoms with Gasteiger partial charge in [0.2, 0.25) is 0 Å². The Morgan fingerprint density at radius 1 is 0.920 bits per heavy atom. The summed E-state index contributed by atoms with van der Waals surface area (Å²) >= 11 is 0. The number of para-hydroxylation sites is 2. The van der Waals surface area contributed by atoms with E-state index in [1.807, 2.05) is 24.1 Å². The molecule has 8 heteroatoms. The van der Waals surface area contributed by atoms with Gasteiger partial charge in [-0.1, -0.05) is 12.1 Å². The molecule has 0 saturated carbocycles. The molecule has 2 aromatic rings. The van der Waals surface area contributed by atoms with Crippen molar-refractivity contribution in [3.63, 3.8) is 0 Å². The Hall–Kier alpha value is -2.22. The van der Waals surface area contributed by atoms with Crippen LogP contribution in [0, 0.1) is 0 Å². The summed E-state index contributed by atoms with van der Waals surface area (Å²) < 4.78 is 65.4. The largest absolute Gasteiger partial charge is 0.416 e. The molecule has 0 saturated heterocycles. The number of alkyl halides is 3. The van der Waals surface area contributed by atoms with E-state index in [0.29, 0.717) is 18.7 Å². The molecule has 0 unspecified atom stereocenters. The smallest absolute Gasteiger partial charge is 0.373 e. The average molecular weight is 370 g/mol. The van der Waals surface area contributed by atoms with Gasteiger partial charge in [-0.2, -0.15) is 13.2 Å². The second-order valence-corrected chi connectivity index (χ2v) is 7.73. The van der Waals surface area contributed by atoms with Gasteiger partial charge in [-0.05, 0) is 42.8 Å². The topological polar surface area (TPSA) is 40.6 Å². The van der Waals surface area contributed by atoms with Gasteiger partial charge in [0.15, 0.2) is 0 Å². The fraction of sp³-hybridized carbons (Fsp3) is 0.294. The molecular weight excluding hydrogens is 353 g/mol. The van der Waals surface area contributed by atoms with E-state index in [1.54, 1.807) is 12.1 Å². The molecule has 1 aliphatic rings. The SMILES string of the molecule is CN1CCCN(S(=O)(=O)c2ccc(C(F)(F)F)cc2)c2ccccc21. The molecule has 0 amide bonds. The van der Waals surface area contributed by atoms with Gasteiger partial charge < -0.3 is 4.90 Å². The van der Waals surface area contributed by atoms with Crippen molar-refractivity contribution in [2.45, 2.75) is 17.5 Å². The van der Waals surface area contributed by atoms with E-state index in [9.17, 15) is 21.6 Å². The van der Waals surface area contributed by atoms with Gasteiger partial charge in [0, 0.05) is 20.1 Å². The van der Waals surface area contributed by atoms with Gasteiger partial charge in [0.05, 0.1) is 21.8 Å². The van der Waals surface area contributed by atoms with Gasteiger partial charge in [-0.25, -0.2) is 8.42 Å². The molecule has 0 spiro atoms. The fourth-order valence-electron chi connectivity index (χ4n) is 2.88. The van der Waals surface area contributed by atoms with Crippen molar-refractivity contribution < 1.29 is 21.6 Å². The predicted octanol–water partition coefficient (Wildman–Crippen LogP) is 3.74. The minimum absolute atomic E-state index is 0.153. The highest BCUT2D eigenvalue weighted by molar-refractivity contribution is 7.92. The lowest BCUT2D eigenvalue weighted by Crippen LogP contribution is -2.31. The minimum atomic E-state index is -4.50. The lowest BCUT2D eigenvalue weighted by molar-refractivity contribution is -0.137.